The first-order valence-electron chi connectivity index (χ1n) is 11.2. The number of rotatable bonds is 7. The number of amides is 3. The summed E-state index contributed by atoms with van der Waals surface area (Å²) < 4.78 is 38.8. The van der Waals surface area contributed by atoms with E-state index in [2.05, 4.69) is 10.3 Å². The zero-order chi connectivity index (χ0) is 25.9. The van der Waals surface area contributed by atoms with Gasteiger partial charge in [0.2, 0.25) is 5.91 Å². The van der Waals surface area contributed by atoms with Gasteiger partial charge in [0, 0.05) is 11.4 Å². The molecule has 1 unspecified atom stereocenters. The van der Waals surface area contributed by atoms with Crippen LogP contribution < -0.4 is 16.4 Å². The van der Waals surface area contributed by atoms with Gasteiger partial charge in [-0.15, -0.1) is 0 Å². The van der Waals surface area contributed by atoms with E-state index in [1.807, 2.05) is 54.0 Å². The number of hydrogen-bond donors (Lipinski definition) is 3. The fraction of sp³-hybridized carbons (Fsp3) is 0.192. The minimum Gasteiger partial charge on any atom is -0.369 e. The van der Waals surface area contributed by atoms with Crippen LogP contribution in [0.5, 0.6) is 0 Å². The molecular weight excluding hydrogens is 471 g/mol. The fourth-order valence-electron chi connectivity index (χ4n) is 4.00. The van der Waals surface area contributed by atoms with E-state index < -0.39 is 18.8 Å². The van der Waals surface area contributed by atoms with Crippen molar-refractivity contribution < 1.29 is 22.8 Å². The predicted octanol–water partition coefficient (Wildman–Crippen LogP) is 5.36. The van der Waals surface area contributed by atoms with Crippen LogP contribution in [-0.2, 0) is 4.79 Å². The molecule has 1 atom stereocenters. The molecule has 186 valence electrons. The predicted molar refractivity (Wildman–Crippen MR) is 132 cm³/mol. The maximum atomic E-state index is 12.3. The Bertz CT molecular complexity index is 1400. The molecule has 0 spiro atoms. The number of primary amides is 1. The van der Waals surface area contributed by atoms with Gasteiger partial charge in [0.05, 0.1) is 17.0 Å². The maximum absolute atomic E-state index is 12.3. The number of nitrogens with one attached hydrogen (secondary N) is 2. The number of benzene rings is 3. The number of aromatic nitrogens is 2. The number of nitrogens with zero attached hydrogens (tertiary/aromatic N) is 2. The number of carbonyl (C=O) groups excluding carboxylic acids is 2. The quantitative estimate of drug-likeness (QED) is 0.322. The lowest BCUT2D eigenvalue weighted by atomic mass is 9.94. The van der Waals surface area contributed by atoms with Crippen LogP contribution in [0, 0.1) is 0 Å². The second-order valence-electron chi connectivity index (χ2n) is 8.28. The molecule has 0 saturated heterocycles. The molecule has 0 aliphatic rings. The highest BCUT2D eigenvalue weighted by molar-refractivity contribution is 5.90. The van der Waals surface area contributed by atoms with Gasteiger partial charge >= 0.3 is 12.2 Å². The fourth-order valence-corrected chi connectivity index (χ4v) is 4.00. The van der Waals surface area contributed by atoms with E-state index in [4.69, 9.17) is 5.73 Å². The topological polar surface area (TPSA) is 102 Å². The van der Waals surface area contributed by atoms with E-state index in [-0.39, 0.29) is 11.8 Å². The number of fused-ring (bicyclic) bond motifs is 1. The smallest absolute Gasteiger partial charge is 0.369 e. The molecule has 1 aromatic heterocycles. The molecule has 7 nitrogen and oxygen atoms in total. The van der Waals surface area contributed by atoms with Crippen LogP contribution in [0.2, 0.25) is 0 Å². The molecule has 4 N–H and O–H groups in total. The summed E-state index contributed by atoms with van der Waals surface area (Å²) in [5.41, 5.74) is 10.8. The van der Waals surface area contributed by atoms with Gasteiger partial charge in [0.25, 0.3) is 0 Å². The average Bonchev–Trinajstić information content (AvgIpc) is 3.27. The summed E-state index contributed by atoms with van der Waals surface area (Å²) in [5.74, 6) is -0.670. The molecule has 4 aromatic rings. The summed E-state index contributed by atoms with van der Waals surface area (Å²) in [6.45, 7) is 0.502. The van der Waals surface area contributed by atoms with Gasteiger partial charge < -0.3 is 16.4 Å². The van der Waals surface area contributed by atoms with Crippen LogP contribution in [-0.4, -0.2) is 34.2 Å². The second kappa shape index (κ2) is 10.1. The molecule has 3 amide bonds. The summed E-state index contributed by atoms with van der Waals surface area (Å²) in [7, 11) is 0. The lowest BCUT2D eigenvalue weighted by Crippen LogP contribution is -2.36. The number of imidazole rings is 1. The summed E-state index contributed by atoms with van der Waals surface area (Å²) in [5, 5.41) is 4.18. The number of urea groups is 1. The Morgan fingerprint density at radius 2 is 1.75 bits per heavy atom. The number of carbonyl (C=O) groups is 2. The highest BCUT2D eigenvalue weighted by atomic mass is 19.4. The first-order valence-corrected chi connectivity index (χ1v) is 11.2. The van der Waals surface area contributed by atoms with Crippen molar-refractivity contribution in [2.75, 3.05) is 11.9 Å². The Kier molecular flexibility index (Phi) is 6.96. The minimum atomic E-state index is -4.49. The molecule has 0 fully saturated rings. The van der Waals surface area contributed by atoms with Crippen LogP contribution in [0.3, 0.4) is 0 Å². The zero-order valence-corrected chi connectivity index (χ0v) is 19.3. The summed E-state index contributed by atoms with van der Waals surface area (Å²) >= 11 is 0. The van der Waals surface area contributed by atoms with Gasteiger partial charge in [0.1, 0.15) is 12.9 Å². The van der Waals surface area contributed by atoms with E-state index in [9.17, 15) is 22.8 Å². The Hall–Kier alpha value is -4.34. The monoisotopic (exact) mass is 495 g/mol. The van der Waals surface area contributed by atoms with Gasteiger partial charge in [-0.3, -0.25) is 9.36 Å². The van der Waals surface area contributed by atoms with Gasteiger partial charge in [-0.05, 0) is 53.4 Å². The Morgan fingerprint density at radius 3 is 2.42 bits per heavy atom. The van der Waals surface area contributed by atoms with E-state index >= 15 is 0 Å². The molecule has 3 aromatic carbocycles. The van der Waals surface area contributed by atoms with Crippen molar-refractivity contribution in [2.24, 2.45) is 5.73 Å². The molecule has 0 radical (unpaired) electrons. The van der Waals surface area contributed by atoms with Crippen molar-refractivity contribution in [1.29, 1.82) is 0 Å². The number of alkyl halides is 3. The normalized spacial score (nSPS) is 12.3. The molecule has 0 saturated carbocycles. The molecule has 1 heterocycles. The van der Waals surface area contributed by atoms with Gasteiger partial charge in [-0.25, -0.2) is 9.78 Å². The SMILES string of the molecule is CCC(C(N)=O)c1ccc(-c2ccc3c(c2)ncn3-c2cccc(NC(=O)NCC(F)(F)F)c2)cc1. The molecule has 0 aliphatic heterocycles. The lowest BCUT2D eigenvalue weighted by molar-refractivity contribution is -0.122. The lowest BCUT2D eigenvalue weighted by Gasteiger charge is -2.12. The van der Waals surface area contributed by atoms with Crippen LogP contribution in [0.1, 0.15) is 24.8 Å². The van der Waals surface area contributed by atoms with Gasteiger partial charge in [0.15, 0.2) is 0 Å². The maximum Gasteiger partial charge on any atom is 0.405 e. The summed E-state index contributed by atoms with van der Waals surface area (Å²) in [6, 6.07) is 19.3. The van der Waals surface area contributed by atoms with Crippen molar-refractivity contribution >= 4 is 28.7 Å². The number of nitrogens with two attached hydrogens (primary N) is 1. The van der Waals surface area contributed by atoms with Gasteiger partial charge in [-0.2, -0.15) is 13.2 Å². The highest BCUT2D eigenvalue weighted by Gasteiger charge is 2.27. The first-order chi connectivity index (χ1) is 17.1. The minimum absolute atomic E-state index is 0.321. The summed E-state index contributed by atoms with van der Waals surface area (Å²) in [6.07, 6.45) is -2.22. The average molecular weight is 496 g/mol. The zero-order valence-electron chi connectivity index (χ0n) is 19.3. The molecule has 10 heteroatoms. The Balaban J connectivity index is 1.54. The van der Waals surface area contributed by atoms with Crippen molar-refractivity contribution in [3.05, 3.63) is 78.6 Å². The first kappa shape index (κ1) is 24.8. The third kappa shape index (κ3) is 5.65. The van der Waals surface area contributed by atoms with E-state index in [1.54, 1.807) is 35.9 Å². The standard InChI is InChI=1S/C26H24F3N5O2/c1-2-21(24(30)35)17-8-6-16(7-9-17)18-10-11-23-22(12-18)32-15-34(23)20-5-3-4-19(13-20)33-25(36)31-14-26(27,28)29/h3-13,15,21H,2,14H2,1H3,(H2,30,35)(H2,31,33,36). The molecule has 0 aliphatic carbocycles. The van der Waals surface area contributed by atoms with E-state index in [1.165, 1.54) is 0 Å². The van der Waals surface area contributed by atoms with Crippen molar-refractivity contribution in [3.63, 3.8) is 0 Å². The molecule has 0 bridgehead atoms. The third-order valence-electron chi connectivity index (χ3n) is 5.78. The largest absolute Gasteiger partial charge is 0.405 e. The van der Waals surface area contributed by atoms with Crippen molar-refractivity contribution in [1.82, 2.24) is 14.9 Å². The van der Waals surface area contributed by atoms with Crippen LogP contribution >= 0.6 is 0 Å². The van der Waals surface area contributed by atoms with Crippen molar-refractivity contribution in [2.45, 2.75) is 25.4 Å². The van der Waals surface area contributed by atoms with Crippen molar-refractivity contribution in [3.8, 4) is 16.8 Å². The van der Waals surface area contributed by atoms with Crippen LogP contribution in [0.15, 0.2) is 73.1 Å². The highest BCUT2D eigenvalue weighted by Crippen LogP contribution is 2.28. The summed E-state index contributed by atoms with van der Waals surface area (Å²) in [4.78, 5) is 27.9. The van der Waals surface area contributed by atoms with Crippen LogP contribution in [0.4, 0.5) is 23.7 Å². The van der Waals surface area contributed by atoms with Crippen LogP contribution in [0.25, 0.3) is 27.8 Å². The Labute approximate surface area is 205 Å². The number of hydrogen-bond acceptors (Lipinski definition) is 3. The van der Waals surface area contributed by atoms with E-state index in [0.717, 1.165) is 27.7 Å². The molecular formula is C26H24F3N5O2. The van der Waals surface area contributed by atoms with Gasteiger partial charge in [-0.1, -0.05) is 43.3 Å². The molecule has 36 heavy (non-hydrogen) atoms. The number of anilines is 1. The second-order valence-corrected chi connectivity index (χ2v) is 8.28. The Morgan fingerprint density at radius 1 is 1.03 bits per heavy atom. The number of halogens is 3. The third-order valence-corrected chi connectivity index (χ3v) is 5.78. The van der Waals surface area contributed by atoms with E-state index in [0.29, 0.717) is 17.8 Å². The molecule has 4 rings (SSSR count).